The molecule has 1 fully saturated rings. The van der Waals surface area contributed by atoms with Crippen molar-refractivity contribution in [2.24, 2.45) is 0 Å². The number of aromatic nitrogens is 2. The summed E-state index contributed by atoms with van der Waals surface area (Å²) in [6, 6.07) is 8.59. The number of anilines is 2. The zero-order valence-corrected chi connectivity index (χ0v) is 13.9. The number of nitrogens with one attached hydrogen (secondary N) is 1. The molecule has 1 aliphatic heterocycles. The molecule has 7 heteroatoms. The molecule has 3 rings (SSSR count). The summed E-state index contributed by atoms with van der Waals surface area (Å²) in [7, 11) is 0. The molecule has 1 aliphatic rings. The number of hydrogen-bond acceptors (Lipinski definition) is 4. The molecule has 23 heavy (non-hydrogen) atoms. The van der Waals surface area contributed by atoms with Crippen LogP contribution >= 0.6 is 23.2 Å². The minimum atomic E-state index is -0.0699. The number of carbonyl (C=O) groups is 1. The second-order valence-electron chi connectivity index (χ2n) is 5.38. The molecule has 0 aliphatic carbocycles. The van der Waals surface area contributed by atoms with Crippen molar-refractivity contribution in [3.8, 4) is 0 Å². The molecule has 120 valence electrons. The van der Waals surface area contributed by atoms with Crippen LogP contribution in [0.5, 0.6) is 0 Å². The Balaban J connectivity index is 1.73. The summed E-state index contributed by atoms with van der Waals surface area (Å²) >= 11 is 12.2. The minimum absolute atomic E-state index is 0.0699. The zero-order valence-electron chi connectivity index (χ0n) is 12.4. The predicted octanol–water partition coefficient (Wildman–Crippen LogP) is 4.15. The summed E-state index contributed by atoms with van der Waals surface area (Å²) in [5.41, 5.74) is 0.919. The van der Waals surface area contributed by atoms with Gasteiger partial charge in [0, 0.05) is 13.1 Å². The molecule has 0 unspecified atom stereocenters. The van der Waals surface area contributed by atoms with Gasteiger partial charge in [-0.2, -0.15) is 0 Å². The third kappa shape index (κ3) is 3.74. The molecule has 5 nitrogen and oxygen atoms in total. The van der Waals surface area contributed by atoms with Crippen LogP contribution in [0, 0.1) is 0 Å². The quantitative estimate of drug-likeness (QED) is 0.902. The summed E-state index contributed by atoms with van der Waals surface area (Å²) in [5, 5.41) is 12.1. The lowest BCUT2D eigenvalue weighted by Crippen LogP contribution is -2.36. The van der Waals surface area contributed by atoms with Gasteiger partial charge in [0.05, 0.1) is 15.7 Å². The zero-order chi connectivity index (χ0) is 16.2. The highest BCUT2D eigenvalue weighted by Crippen LogP contribution is 2.31. The first kappa shape index (κ1) is 16.0. The van der Waals surface area contributed by atoms with Crippen LogP contribution in [0.15, 0.2) is 30.3 Å². The number of likely N-dealkylation sites (tertiary alicyclic amines) is 1. The Labute approximate surface area is 144 Å². The van der Waals surface area contributed by atoms with E-state index in [9.17, 15) is 4.79 Å². The average Bonchev–Trinajstić information content (AvgIpc) is 2.59. The van der Waals surface area contributed by atoms with Crippen LogP contribution < -0.4 is 5.32 Å². The Bertz CT molecular complexity index is 679. The van der Waals surface area contributed by atoms with Crippen LogP contribution in [0.3, 0.4) is 0 Å². The lowest BCUT2D eigenvalue weighted by Gasteiger charge is -2.26. The molecular weight excluding hydrogens is 335 g/mol. The molecule has 1 saturated heterocycles. The average molecular weight is 351 g/mol. The highest BCUT2D eigenvalue weighted by atomic mass is 35.5. The van der Waals surface area contributed by atoms with Gasteiger partial charge in [-0.1, -0.05) is 29.3 Å². The van der Waals surface area contributed by atoms with E-state index in [0.29, 0.717) is 27.2 Å². The summed E-state index contributed by atoms with van der Waals surface area (Å²) in [4.78, 5) is 14.2. The van der Waals surface area contributed by atoms with Gasteiger partial charge in [-0.15, -0.1) is 10.2 Å². The maximum Gasteiger partial charge on any atom is 0.274 e. The third-order valence-electron chi connectivity index (χ3n) is 3.74. The first-order valence-electron chi connectivity index (χ1n) is 7.49. The predicted molar refractivity (Wildman–Crippen MR) is 91.5 cm³/mol. The van der Waals surface area contributed by atoms with Crippen LogP contribution in [0.4, 0.5) is 11.5 Å². The van der Waals surface area contributed by atoms with E-state index in [1.54, 1.807) is 30.3 Å². The van der Waals surface area contributed by atoms with Crippen molar-refractivity contribution in [2.45, 2.75) is 19.3 Å². The van der Waals surface area contributed by atoms with E-state index in [0.717, 1.165) is 25.9 Å². The summed E-state index contributed by atoms with van der Waals surface area (Å²) in [5.74, 6) is 0.412. The fourth-order valence-corrected chi connectivity index (χ4v) is 3.01. The van der Waals surface area contributed by atoms with Crippen LogP contribution in [0.2, 0.25) is 10.0 Å². The van der Waals surface area contributed by atoms with Crippen LogP contribution in [-0.4, -0.2) is 34.1 Å². The van der Waals surface area contributed by atoms with E-state index in [1.165, 1.54) is 6.42 Å². The van der Waals surface area contributed by atoms with Crippen molar-refractivity contribution in [3.05, 3.63) is 46.1 Å². The topological polar surface area (TPSA) is 58.1 Å². The fraction of sp³-hybridized carbons (Fsp3) is 0.312. The van der Waals surface area contributed by atoms with Crippen LogP contribution in [0.1, 0.15) is 29.8 Å². The van der Waals surface area contributed by atoms with E-state index in [4.69, 9.17) is 23.2 Å². The molecule has 1 amide bonds. The van der Waals surface area contributed by atoms with Crippen molar-refractivity contribution in [1.82, 2.24) is 15.1 Å². The summed E-state index contributed by atoms with van der Waals surface area (Å²) in [6.07, 6.45) is 3.27. The summed E-state index contributed by atoms with van der Waals surface area (Å²) in [6.45, 7) is 1.57. The number of hydrogen-bond donors (Lipinski definition) is 1. The molecular formula is C16H16Cl2N4O. The molecule has 2 aromatic rings. The Kier molecular flexibility index (Phi) is 4.98. The minimum Gasteiger partial charge on any atom is -0.337 e. The molecule has 2 heterocycles. The standard InChI is InChI=1S/C16H16Cl2N4O/c17-11-5-4-6-12(18)15(11)19-14-8-7-13(20-21-14)16(23)22-9-2-1-3-10-22/h4-8H,1-3,9-10H2,(H,19,21). The number of carbonyl (C=O) groups excluding carboxylic acids is 1. The number of benzene rings is 1. The van der Waals surface area contributed by atoms with Crippen molar-refractivity contribution in [2.75, 3.05) is 18.4 Å². The molecule has 1 aromatic heterocycles. The molecule has 1 aromatic carbocycles. The van der Waals surface area contributed by atoms with Crippen LogP contribution in [0.25, 0.3) is 0 Å². The van der Waals surface area contributed by atoms with Gasteiger partial charge in [0.2, 0.25) is 0 Å². The fourth-order valence-electron chi connectivity index (χ4n) is 2.52. The van der Waals surface area contributed by atoms with E-state index in [2.05, 4.69) is 15.5 Å². The number of amides is 1. The number of nitrogens with zero attached hydrogens (tertiary/aromatic N) is 3. The van der Waals surface area contributed by atoms with Crippen LogP contribution in [-0.2, 0) is 0 Å². The normalized spacial score (nSPS) is 14.6. The number of halogens is 2. The Hall–Kier alpha value is -1.85. The molecule has 0 radical (unpaired) electrons. The van der Waals surface area contributed by atoms with Gasteiger partial charge >= 0.3 is 0 Å². The van der Waals surface area contributed by atoms with Crippen molar-refractivity contribution >= 4 is 40.6 Å². The van der Waals surface area contributed by atoms with E-state index in [-0.39, 0.29) is 5.91 Å². The van der Waals surface area contributed by atoms with Crippen molar-refractivity contribution in [1.29, 1.82) is 0 Å². The maximum absolute atomic E-state index is 12.3. The second kappa shape index (κ2) is 7.15. The SMILES string of the molecule is O=C(c1ccc(Nc2c(Cl)cccc2Cl)nn1)N1CCCCC1. The monoisotopic (exact) mass is 350 g/mol. The molecule has 1 N–H and O–H groups in total. The van der Waals surface area contributed by atoms with E-state index < -0.39 is 0 Å². The Morgan fingerprint density at radius 1 is 1.00 bits per heavy atom. The van der Waals surface area contributed by atoms with Gasteiger partial charge in [-0.3, -0.25) is 4.79 Å². The first-order valence-corrected chi connectivity index (χ1v) is 8.25. The smallest absolute Gasteiger partial charge is 0.274 e. The molecule has 0 atom stereocenters. The molecule has 0 spiro atoms. The van der Waals surface area contributed by atoms with E-state index >= 15 is 0 Å². The molecule has 0 saturated carbocycles. The largest absolute Gasteiger partial charge is 0.337 e. The first-order chi connectivity index (χ1) is 11.1. The van der Waals surface area contributed by atoms with Crippen molar-refractivity contribution in [3.63, 3.8) is 0 Å². The second-order valence-corrected chi connectivity index (χ2v) is 6.19. The number of para-hydroxylation sites is 1. The van der Waals surface area contributed by atoms with E-state index in [1.807, 2.05) is 4.90 Å². The van der Waals surface area contributed by atoms with Gasteiger partial charge < -0.3 is 10.2 Å². The van der Waals surface area contributed by atoms with Gasteiger partial charge in [0.1, 0.15) is 0 Å². The Morgan fingerprint density at radius 2 is 1.70 bits per heavy atom. The highest BCUT2D eigenvalue weighted by Gasteiger charge is 2.19. The van der Waals surface area contributed by atoms with Crippen molar-refractivity contribution < 1.29 is 4.79 Å². The van der Waals surface area contributed by atoms with Gasteiger partial charge in [0.15, 0.2) is 11.5 Å². The van der Waals surface area contributed by atoms with Gasteiger partial charge in [-0.25, -0.2) is 0 Å². The number of rotatable bonds is 3. The van der Waals surface area contributed by atoms with Gasteiger partial charge in [0.25, 0.3) is 5.91 Å². The third-order valence-corrected chi connectivity index (χ3v) is 4.37. The lowest BCUT2D eigenvalue weighted by atomic mass is 10.1. The highest BCUT2D eigenvalue weighted by molar-refractivity contribution is 6.39. The summed E-state index contributed by atoms with van der Waals surface area (Å²) < 4.78 is 0. The maximum atomic E-state index is 12.3. The molecule has 0 bridgehead atoms. The van der Waals surface area contributed by atoms with Gasteiger partial charge in [-0.05, 0) is 43.5 Å². The number of piperidine rings is 1. The lowest BCUT2D eigenvalue weighted by molar-refractivity contribution is 0.0717. The Morgan fingerprint density at radius 3 is 2.30 bits per heavy atom.